The number of pyridine rings is 1. The summed E-state index contributed by atoms with van der Waals surface area (Å²) in [6.07, 6.45) is 0. The van der Waals surface area contributed by atoms with Crippen molar-refractivity contribution >= 4 is 5.84 Å². The highest BCUT2D eigenvalue weighted by Gasteiger charge is 2.14. The van der Waals surface area contributed by atoms with Crippen LogP contribution in [0.2, 0.25) is 0 Å². The van der Waals surface area contributed by atoms with Gasteiger partial charge in [-0.25, -0.2) is 0 Å². The van der Waals surface area contributed by atoms with E-state index >= 15 is 0 Å². The molecule has 1 aromatic heterocycles. The number of hydrogen-bond acceptors (Lipinski definition) is 3. The van der Waals surface area contributed by atoms with E-state index < -0.39 is 0 Å². The van der Waals surface area contributed by atoms with Crippen molar-refractivity contribution in [3.8, 4) is 17.0 Å². The number of ether oxygens (including phenoxy) is 1. The Morgan fingerprint density at radius 1 is 1.32 bits per heavy atom. The molecule has 5 nitrogen and oxygen atoms in total. The van der Waals surface area contributed by atoms with Crippen molar-refractivity contribution in [2.45, 2.75) is 26.8 Å². The van der Waals surface area contributed by atoms with Crippen LogP contribution in [0.4, 0.5) is 0 Å². The van der Waals surface area contributed by atoms with Crippen molar-refractivity contribution < 1.29 is 4.74 Å². The summed E-state index contributed by atoms with van der Waals surface area (Å²) in [5.74, 6) is 0.549. The number of nitrogens with one attached hydrogen (secondary N) is 1. The standard InChI is InChI=1S/C17H21N3O2/c1-4-22-13-7-5-6-12(10-13)15-9-8-14(16(18)19)17(21)20(15)11(2)3/h5-11H,4H2,1-3H3,(H3,18,19). The van der Waals surface area contributed by atoms with E-state index in [0.29, 0.717) is 6.61 Å². The Morgan fingerprint density at radius 2 is 2.05 bits per heavy atom. The maximum atomic E-state index is 12.6. The number of hydrogen-bond donors (Lipinski definition) is 2. The molecule has 5 heteroatoms. The summed E-state index contributed by atoms with van der Waals surface area (Å²) in [6.45, 7) is 6.38. The van der Waals surface area contributed by atoms with Crippen LogP contribution in [0.1, 0.15) is 32.4 Å². The molecule has 0 atom stereocenters. The molecule has 0 aliphatic carbocycles. The van der Waals surface area contributed by atoms with Crippen LogP contribution in [0.5, 0.6) is 5.75 Å². The minimum Gasteiger partial charge on any atom is -0.494 e. The first-order valence-electron chi connectivity index (χ1n) is 7.28. The molecule has 2 rings (SSSR count). The molecule has 0 spiro atoms. The van der Waals surface area contributed by atoms with Gasteiger partial charge in [-0.05, 0) is 45.0 Å². The van der Waals surface area contributed by atoms with Gasteiger partial charge in [0.2, 0.25) is 0 Å². The van der Waals surface area contributed by atoms with E-state index in [9.17, 15) is 4.79 Å². The van der Waals surface area contributed by atoms with Crippen LogP contribution < -0.4 is 16.0 Å². The van der Waals surface area contributed by atoms with E-state index in [4.69, 9.17) is 15.9 Å². The highest BCUT2D eigenvalue weighted by atomic mass is 16.5. The molecule has 22 heavy (non-hydrogen) atoms. The number of nitrogen functional groups attached to an aromatic ring is 1. The Bertz CT molecular complexity index is 748. The Kier molecular flexibility index (Phi) is 4.65. The molecular formula is C17H21N3O2. The normalized spacial score (nSPS) is 10.7. The summed E-state index contributed by atoms with van der Waals surface area (Å²) in [5, 5.41) is 7.52. The number of amidine groups is 1. The van der Waals surface area contributed by atoms with E-state index in [2.05, 4.69) is 0 Å². The zero-order valence-corrected chi connectivity index (χ0v) is 13.1. The second-order valence-corrected chi connectivity index (χ2v) is 5.28. The molecule has 0 radical (unpaired) electrons. The molecule has 0 fully saturated rings. The lowest BCUT2D eigenvalue weighted by atomic mass is 10.1. The first kappa shape index (κ1) is 15.8. The van der Waals surface area contributed by atoms with Crippen molar-refractivity contribution in [1.82, 2.24) is 4.57 Å². The molecule has 0 unspecified atom stereocenters. The molecule has 0 saturated carbocycles. The lowest BCUT2D eigenvalue weighted by molar-refractivity contribution is 0.340. The fourth-order valence-corrected chi connectivity index (χ4v) is 2.42. The topological polar surface area (TPSA) is 81.1 Å². The lowest BCUT2D eigenvalue weighted by Gasteiger charge is -2.18. The van der Waals surface area contributed by atoms with Crippen LogP contribution in [0.25, 0.3) is 11.3 Å². The summed E-state index contributed by atoms with van der Waals surface area (Å²) in [5.41, 5.74) is 7.14. The molecule has 0 saturated heterocycles. The van der Waals surface area contributed by atoms with Crippen LogP contribution in [0.3, 0.4) is 0 Å². The van der Waals surface area contributed by atoms with Gasteiger partial charge in [-0.1, -0.05) is 12.1 Å². The van der Waals surface area contributed by atoms with E-state index in [0.717, 1.165) is 17.0 Å². The molecule has 0 aliphatic heterocycles. The third-order valence-electron chi connectivity index (χ3n) is 3.36. The Labute approximate surface area is 129 Å². The Balaban J connectivity index is 2.65. The molecule has 0 amide bonds. The smallest absolute Gasteiger partial charge is 0.262 e. The molecule has 0 bridgehead atoms. The predicted molar refractivity (Wildman–Crippen MR) is 88.7 cm³/mol. The first-order valence-corrected chi connectivity index (χ1v) is 7.28. The van der Waals surface area contributed by atoms with Gasteiger partial charge in [0.25, 0.3) is 5.56 Å². The second kappa shape index (κ2) is 6.47. The Hall–Kier alpha value is -2.56. The highest BCUT2D eigenvalue weighted by molar-refractivity contribution is 5.94. The number of nitrogens with zero attached hydrogens (tertiary/aromatic N) is 1. The van der Waals surface area contributed by atoms with E-state index in [1.807, 2.05) is 51.1 Å². The van der Waals surface area contributed by atoms with Gasteiger partial charge < -0.3 is 15.0 Å². The average Bonchev–Trinajstić information content (AvgIpc) is 2.46. The largest absolute Gasteiger partial charge is 0.494 e. The first-order chi connectivity index (χ1) is 10.5. The molecule has 2 aromatic rings. The zero-order valence-electron chi connectivity index (χ0n) is 13.1. The minimum absolute atomic E-state index is 0.0439. The van der Waals surface area contributed by atoms with Crippen LogP contribution >= 0.6 is 0 Å². The van der Waals surface area contributed by atoms with Gasteiger partial charge in [0.05, 0.1) is 17.9 Å². The molecule has 1 heterocycles. The van der Waals surface area contributed by atoms with Crippen molar-refractivity contribution in [2.24, 2.45) is 5.73 Å². The van der Waals surface area contributed by atoms with Gasteiger partial charge in [-0.15, -0.1) is 0 Å². The van der Waals surface area contributed by atoms with Crippen LogP contribution in [0, 0.1) is 5.41 Å². The predicted octanol–water partition coefficient (Wildman–Crippen LogP) is 2.78. The van der Waals surface area contributed by atoms with Gasteiger partial charge in [0, 0.05) is 11.6 Å². The second-order valence-electron chi connectivity index (χ2n) is 5.28. The highest BCUT2D eigenvalue weighted by Crippen LogP contribution is 2.25. The summed E-state index contributed by atoms with van der Waals surface area (Å²) < 4.78 is 7.17. The van der Waals surface area contributed by atoms with Crippen molar-refractivity contribution in [3.63, 3.8) is 0 Å². The molecule has 3 N–H and O–H groups in total. The quantitative estimate of drug-likeness (QED) is 0.658. The fraction of sp³-hybridized carbons (Fsp3) is 0.294. The van der Waals surface area contributed by atoms with E-state index in [-0.39, 0.29) is 23.0 Å². The number of nitrogens with two attached hydrogens (primary N) is 1. The minimum atomic E-state index is -0.248. The monoisotopic (exact) mass is 299 g/mol. The average molecular weight is 299 g/mol. The van der Waals surface area contributed by atoms with Gasteiger partial charge in [-0.3, -0.25) is 10.2 Å². The van der Waals surface area contributed by atoms with Gasteiger partial charge >= 0.3 is 0 Å². The maximum absolute atomic E-state index is 12.6. The van der Waals surface area contributed by atoms with Crippen molar-refractivity contribution in [1.29, 1.82) is 5.41 Å². The number of aromatic nitrogens is 1. The lowest BCUT2D eigenvalue weighted by Crippen LogP contribution is -2.31. The van der Waals surface area contributed by atoms with Crippen LogP contribution in [-0.4, -0.2) is 17.0 Å². The van der Waals surface area contributed by atoms with Gasteiger partial charge in [0.15, 0.2) is 0 Å². The van der Waals surface area contributed by atoms with Crippen LogP contribution in [0.15, 0.2) is 41.2 Å². The summed E-state index contributed by atoms with van der Waals surface area (Å²) in [7, 11) is 0. The van der Waals surface area contributed by atoms with Gasteiger partial charge in [-0.2, -0.15) is 0 Å². The third-order valence-corrected chi connectivity index (χ3v) is 3.36. The van der Waals surface area contributed by atoms with Crippen molar-refractivity contribution in [3.05, 3.63) is 52.3 Å². The summed E-state index contributed by atoms with van der Waals surface area (Å²) in [4.78, 5) is 12.6. The zero-order chi connectivity index (χ0) is 16.3. The number of benzene rings is 1. The van der Waals surface area contributed by atoms with E-state index in [1.54, 1.807) is 10.6 Å². The van der Waals surface area contributed by atoms with Crippen LogP contribution in [-0.2, 0) is 0 Å². The van der Waals surface area contributed by atoms with Gasteiger partial charge in [0.1, 0.15) is 11.6 Å². The molecule has 0 aliphatic rings. The Morgan fingerprint density at radius 3 is 2.64 bits per heavy atom. The summed E-state index contributed by atoms with van der Waals surface area (Å²) in [6, 6.07) is 11.0. The molecule has 1 aromatic carbocycles. The third kappa shape index (κ3) is 3.03. The van der Waals surface area contributed by atoms with E-state index in [1.165, 1.54) is 0 Å². The molecule has 116 valence electrons. The maximum Gasteiger partial charge on any atom is 0.262 e. The SMILES string of the molecule is CCOc1cccc(-c2ccc(C(=N)N)c(=O)n2C(C)C)c1. The fourth-order valence-electron chi connectivity index (χ4n) is 2.42. The number of rotatable bonds is 5. The molecular weight excluding hydrogens is 278 g/mol. The summed E-state index contributed by atoms with van der Waals surface area (Å²) >= 11 is 0. The van der Waals surface area contributed by atoms with Crippen molar-refractivity contribution in [2.75, 3.05) is 6.61 Å².